The summed E-state index contributed by atoms with van der Waals surface area (Å²) in [6.07, 6.45) is 2.06. The van der Waals surface area contributed by atoms with Gasteiger partial charge in [0.05, 0.1) is 0 Å². The molecule has 76 valence electrons. The third-order valence-corrected chi connectivity index (χ3v) is 2.29. The minimum atomic E-state index is 0.222. The molecule has 0 saturated heterocycles. The fourth-order valence-corrected chi connectivity index (χ4v) is 1.49. The Kier molecular flexibility index (Phi) is 9.81. The zero-order chi connectivity index (χ0) is 10.6. The Balaban J connectivity index is 0.000000500. The van der Waals surface area contributed by atoms with Gasteiger partial charge in [-0.15, -0.1) is 11.8 Å². The van der Waals surface area contributed by atoms with Crippen molar-refractivity contribution in [1.29, 1.82) is 0 Å². The van der Waals surface area contributed by atoms with Gasteiger partial charge in [0, 0.05) is 5.75 Å². The first-order valence-electron chi connectivity index (χ1n) is 4.15. The second-order valence-electron chi connectivity index (χ2n) is 2.36. The van der Waals surface area contributed by atoms with Crippen molar-refractivity contribution in [2.24, 2.45) is 0 Å². The predicted octanol–water partition coefficient (Wildman–Crippen LogP) is 3.87. The second kappa shape index (κ2) is 10.4. The molecule has 1 rings (SSSR count). The summed E-state index contributed by atoms with van der Waals surface area (Å²) < 4.78 is 0. The summed E-state index contributed by atoms with van der Waals surface area (Å²) >= 11 is 6.14. The van der Waals surface area contributed by atoms with Crippen LogP contribution in [0, 0.1) is 0 Å². The highest BCUT2D eigenvalue weighted by Crippen LogP contribution is 2.11. The molecule has 0 radical (unpaired) electrons. The lowest BCUT2D eigenvalue weighted by atomic mass is 10.2. The van der Waals surface area contributed by atoms with Crippen LogP contribution in [0.3, 0.4) is 0 Å². The smallest absolute Gasteiger partial charge is 0.208 e. The van der Waals surface area contributed by atoms with E-state index in [-0.39, 0.29) is 5.75 Å². The zero-order valence-electron chi connectivity index (χ0n) is 8.02. The van der Waals surface area contributed by atoms with Gasteiger partial charge in [0.15, 0.2) is 0 Å². The highest BCUT2D eigenvalue weighted by molar-refractivity contribution is 8.01. The average molecular weight is 229 g/mol. The van der Waals surface area contributed by atoms with Crippen molar-refractivity contribution in [3.8, 4) is 0 Å². The number of carbonyl (C=O) groups excluding carboxylic acids is 1. The summed E-state index contributed by atoms with van der Waals surface area (Å²) in [5, 5.41) is 2.12. The number of allylic oxidation sites excluding steroid dienone is 1. The van der Waals surface area contributed by atoms with E-state index in [9.17, 15) is 0 Å². The molecule has 3 heteroatoms. The average Bonchev–Trinajstić information content (AvgIpc) is 2.21. The number of hydrogen-bond donors (Lipinski definition) is 0. The first-order valence-corrected chi connectivity index (χ1v) is 5.64. The van der Waals surface area contributed by atoms with E-state index < -0.39 is 0 Å². The van der Waals surface area contributed by atoms with Gasteiger partial charge in [-0.3, -0.25) is 4.79 Å². The van der Waals surface area contributed by atoms with Crippen LogP contribution in [0.2, 0.25) is 0 Å². The highest BCUT2D eigenvalue weighted by Gasteiger charge is 1.86. The van der Waals surface area contributed by atoms with Crippen LogP contribution < -0.4 is 0 Å². The maximum absolute atomic E-state index is 8.57. The molecular formula is C11H13ClOS. The molecule has 14 heavy (non-hydrogen) atoms. The van der Waals surface area contributed by atoms with Crippen LogP contribution in [0.25, 0.3) is 0 Å². The number of halogens is 1. The van der Waals surface area contributed by atoms with Crippen LogP contribution >= 0.6 is 23.4 Å². The molecule has 1 aromatic rings. The highest BCUT2D eigenvalue weighted by atomic mass is 35.5. The molecule has 0 atom stereocenters. The van der Waals surface area contributed by atoms with Crippen molar-refractivity contribution in [3.63, 3.8) is 0 Å². The van der Waals surface area contributed by atoms with E-state index in [1.807, 2.05) is 24.8 Å². The fraction of sp³-hybridized carbons (Fsp3) is 0.182. The summed E-state index contributed by atoms with van der Waals surface area (Å²) in [6, 6.07) is 10.5. The van der Waals surface area contributed by atoms with Gasteiger partial charge in [0.2, 0.25) is 5.75 Å². The van der Waals surface area contributed by atoms with Crippen molar-refractivity contribution in [2.45, 2.75) is 12.7 Å². The van der Waals surface area contributed by atoms with Crippen LogP contribution in [0.15, 0.2) is 41.8 Å². The Hall–Kier alpha value is -0.730. The number of rotatable bonds is 3. The Morgan fingerprint density at radius 1 is 1.36 bits per heavy atom. The van der Waals surface area contributed by atoms with E-state index in [1.54, 1.807) is 0 Å². The largest absolute Gasteiger partial charge is 0.285 e. The number of benzene rings is 1. The number of thioether (sulfide) groups is 1. The number of carbonyl (C=O) groups is 1. The van der Waals surface area contributed by atoms with Crippen molar-refractivity contribution in [3.05, 3.63) is 47.4 Å². The Morgan fingerprint density at radius 2 is 1.93 bits per heavy atom. The SMILES string of the molecule is C/C=C\SCc1ccccc1.O=CCl. The summed E-state index contributed by atoms with van der Waals surface area (Å²) in [7, 11) is 0. The first-order chi connectivity index (χ1) is 6.85. The molecule has 0 aliphatic carbocycles. The summed E-state index contributed by atoms with van der Waals surface area (Å²) in [6.45, 7) is 2.04. The molecule has 0 unspecified atom stereocenters. The van der Waals surface area contributed by atoms with E-state index in [0.717, 1.165) is 5.75 Å². The lowest BCUT2D eigenvalue weighted by Gasteiger charge is -1.95. The van der Waals surface area contributed by atoms with E-state index in [1.165, 1.54) is 5.56 Å². The zero-order valence-corrected chi connectivity index (χ0v) is 9.59. The lowest BCUT2D eigenvalue weighted by molar-refractivity contribution is 0.569. The van der Waals surface area contributed by atoms with Gasteiger partial charge < -0.3 is 0 Å². The van der Waals surface area contributed by atoms with Crippen LogP contribution in [0.1, 0.15) is 12.5 Å². The van der Waals surface area contributed by atoms with Gasteiger partial charge >= 0.3 is 0 Å². The number of hydrogen-bond acceptors (Lipinski definition) is 2. The predicted molar refractivity (Wildman–Crippen MR) is 65.2 cm³/mol. The van der Waals surface area contributed by atoms with Crippen molar-refractivity contribution in [1.82, 2.24) is 0 Å². The normalized spacial score (nSPS) is 9.29. The molecule has 1 nitrogen and oxygen atoms in total. The Morgan fingerprint density at radius 3 is 2.43 bits per heavy atom. The maximum Gasteiger partial charge on any atom is 0.208 e. The van der Waals surface area contributed by atoms with Gasteiger partial charge in [-0.1, -0.05) is 36.4 Å². The molecule has 1 aromatic carbocycles. The van der Waals surface area contributed by atoms with Crippen LogP contribution in [-0.4, -0.2) is 5.75 Å². The Labute approximate surface area is 94.2 Å². The van der Waals surface area contributed by atoms with Gasteiger partial charge in [-0.25, -0.2) is 0 Å². The molecule has 0 saturated carbocycles. The minimum absolute atomic E-state index is 0.222. The standard InChI is InChI=1S/C10H12S.CHClO/c1-2-8-11-9-10-6-4-3-5-7-10;2-1-3/h2-8H,9H2,1H3;1H/b8-2-;. The van der Waals surface area contributed by atoms with Gasteiger partial charge in [-0.05, 0) is 29.5 Å². The molecule has 0 amide bonds. The van der Waals surface area contributed by atoms with Crippen LogP contribution in [0.5, 0.6) is 0 Å². The van der Waals surface area contributed by atoms with Gasteiger partial charge in [0.25, 0.3) is 0 Å². The molecule has 0 bridgehead atoms. The van der Waals surface area contributed by atoms with Crippen molar-refractivity contribution < 1.29 is 4.79 Å². The first kappa shape index (κ1) is 13.3. The van der Waals surface area contributed by atoms with E-state index in [2.05, 4.69) is 47.4 Å². The molecule has 0 heterocycles. The molecule has 0 aliphatic heterocycles. The summed E-state index contributed by atoms with van der Waals surface area (Å²) in [5.41, 5.74) is 1.38. The minimum Gasteiger partial charge on any atom is -0.285 e. The monoisotopic (exact) mass is 228 g/mol. The fourth-order valence-electron chi connectivity index (χ4n) is 0.815. The molecule has 0 N–H and O–H groups in total. The summed E-state index contributed by atoms with van der Waals surface area (Å²) in [5.74, 6) is 1.30. The van der Waals surface area contributed by atoms with Crippen molar-refractivity contribution >= 4 is 29.1 Å². The molecule has 0 fully saturated rings. The molecule has 0 aromatic heterocycles. The third-order valence-electron chi connectivity index (χ3n) is 1.33. The van der Waals surface area contributed by atoms with Crippen molar-refractivity contribution in [2.75, 3.05) is 0 Å². The van der Waals surface area contributed by atoms with E-state index in [4.69, 9.17) is 4.79 Å². The van der Waals surface area contributed by atoms with E-state index in [0.29, 0.717) is 0 Å². The maximum atomic E-state index is 8.57. The molecule has 0 aliphatic rings. The van der Waals surface area contributed by atoms with Crippen LogP contribution in [-0.2, 0) is 10.5 Å². The lowest BCUT2D eigenvalue weighted by Crippen LogP contribution is -1.74. The summed E-state index contributed by atoms with van der Waals surface area (Å²) in [4.78, 5) is 8.57. The third kappa shape index (κ3) is 7.90. The van der Waals surface area contributed by atoms with Crippen LogP contribution in [0.4, 0.5) is 0 Å². The Bertz CT molecular complexity index is 259. The molecular weight excluding hydrogens is 216 g/mol. The second-order valence-corrected chi connectivity index (χ2v) is 3.43. The quantitative estimate of drug-likeness (QED) is 0.577. The molecule has 0 spiro atoms. The van der Waals surface area contributed by atoms with Gasteiger partial charge in [-0.2, -0.15) is 0 Å². The van der Waals surface area contributed by atoms with E-state index >= 15 is 0 Å². The topological polar surface area (TPSA) is 17.1 Å². The van der Waals surface area contributed by atoms with Gasteiger partial charge in [0.1, 0.15) is 0 Å².